The van der Waals surface area contributed by atoms with Crippen LogP contribution in [0.15, 0.2) is 77.7 Å². The van der Waals surface area contributed by atoms with Crippen LogP contribution in [0.1, 0.15) is 21.5 Å². The summed E-state index contributed by atoms with van der Waals surface area (Å²) in [6.07, 6.45) is 1.47. The zero-order valence-electron chi connectivity index (χ0n) is 14.8. The van der Waals surface area contributed by atoms with Gasteiger partial charge in [-0.2, -0.15) is 0 Å². The Balaban J connectivity index is 1.61. The Kier molecular flexibility index (Phi) is 5.75. The quantitative estimate of drug-likeness (QED) is 0.626. The maximum Gasteiger partial charge on any atom is 0.335 e. The summed E-state index contributed by atoms with van der Waals surface area (Å²) >= 11 is 0. The van der Waals surface area contributed by atoms with Crippen LogP contribution in [0, 0.1) is 5.82 Å². The van der Waals surface area contributed by atoms with Crippen molar-refractivity contribution >= 4 is 21.7 Å². The average molecular weight is 399 g/mol. The molecule has 144 valence electrons. The van der Waals surface area contributed by atoms with E-state index in [0.717, 1.165) is 36.1 Å². The fraction of sp³-hybridized carbons (Fsp3) is 0.0952. The summed E-state index contributed by atoms with van der Waals surface area (Å²) in [6, 6.07) is 18.3. The number of anilines is 1. The highest BCUT2D eigenvalue weighted by Gasteiger charge is 2.14. The number of rotatable bonds is 7. The van der Waals surface area contributed by atoms with Crippen molar-refractivity contribution < 1.29 is 22.7 Å². The third kappa shape index (κ3) is 4.95. The predicted octanol–water partition coefficient (Wildman–Crippen LogP) is 4.11. The van der Waals surface area contributed by atoms with Crippen LogP contribution in [0.4, 0.5) is 10.1 Å². The molecule has 3 aromatic carbocycles. The van der Waals surface area contributed by atoms with E-state index in [1.807, 2.05) is 12.1 Å². The number of carbonyl (C=O) groups is 1. The van der Waals surface area contributed by atoms with Crippen molar-refractivity contribution in [3.8, 4) is 0 Å². The number of carboxylic acid groups (broad SMARTS) is 1. The molecule has 0 unspecified atom stereocenters. The molecular weight excluding hydrogens is 381 g/mol. The Morgan fingerprint density at radius 1 is 0.821 bits per heavy atom. The van der Waals surface area contributed by atoms with E-state index in [0.29, 0.717) is 5.69 Å². The first kappa shape index (κ1) is 19.6. The Bertz CT molecular complexity index is 1060. The molecule has 3 rings (SSSR count). The number of halogens is 1. The smallest absolute Gasteiger partial charge is 0.335 e. The van der Waals surface area contributed by atoms with Crippen LogP contribution in [-0.2, 0) is 22.9 Å². The SMILES string of the molecule is O=C(O)c1ccc(CCc2ccc(NS(=O)(=O)c3ccc(F)cc3)cc2)cc1. The van der Waals surface area contributed by atoms with Crippen molar-refractivity contribution in [2.24, 2.45) is 0 Å². The van der Waals surface area contributed by atoms with Gasteiger partial charge in [-0.15, -0.1) is 0 Å². The predicted molar refractivity (Wildman–Crippen MR) is 104 cm³/mol. The molecule has 2 N–H and O–H groups in total. The summed E-state index contributed by atoms with van der Waals surface area (Å²) in [6.45, 7) is 0. The van der Waals surface area contributed by atoms with Gasteiger partial charge in [-0.25, -0.2) is 17.6 Å². The lowest BCUT2D eigenvalue weighted by molar-refractivity contribution is 0.0697. The monoisotopic (exact) mass is 399 g/mol. The molecule has 0 heterocycles. The molecule has 3 aromatic rings. The molecule has 5 nitrogen and oxygen atoms in total. The highest BCUT2D eigenvalue weighted by molar-refractivity contribution is 7.92. The van der Waals surface area contributed by atoms with Crippen LogP contribution in [0.3, 0.4) is 0 Å². The molecule has 0 fully saturated rings. The molecule has 0 saturated heterocycles. The fourth-order valence-corrected chi connectivity index (χ4v) is 3.73. The van der Waals surface area contributed by atoms with Gasteiger partial charge in [0.2, 0.25) is 0 Å². The first-order valence-electron chi connectivity index (χ1n) is 8.53. The largest absolute Gasteiger partial charge is 0.478 e. The standard InChI is InChI=1S/C21H18FNO4S/c22-18-9-13-20(14-10-18)28(26,27)23-19-11-5-16(6-12-19)2-1-15-3-7-17(8-4-15)21(24)25/h3-14,23H,1-2H2,(H,24,25). The molecule has 0 bridgehead atoms. The van der Waals surface area contributed by atoms with E-state index in [2.05, 4.69) is 4.72 Å². The normalized spacial score (nSPS) is 11.2. The molecule has 0 amide bonds. The topological polar surface area (TPSA) is 83.5 Å². The number of benzene rings is 3. The number of hydrogen-bond donors (Lipinski definition) is 2. The highest BCUT2D eigenvalue weighted by atomic mass is 32.2. The van der Waals surface area contributed by atoms with E-state index >= 15 is 0 Å². The van der Waals surface area contributed by atoms with Gasteiger partial charge >= 0.3 is 5.97 Å². The van der Waals surface area contributed by atoms with Crippen molar-refractivity contribution in [1.29, 1.82) is 0 Å². The van der Waals surface area contributed by atoms with Gasteiger partial charge in [0.1, 0.15) is 5.82 Å². The Morgan fingerprint density at radius 2 is 1.32 bits per heavy atom. The average Bonchev–Trinajstić information content (AvgIpc) is 2.68. The van der Waals surface area contributed by atoms with E-state index in [1.165, 1.54) is 12.1 Å². The van der Waals surface area contributed by atoms with Gasteiger partial charge in [0.05, 0.1) is 10.5 Å². The van der Waals surface area contributed by atoms with E-state index in [4.69, 9.17) is 5.11 Å². The van der Waals surface area contributed by atoms with Crippen LogP contribution >= 0.6 is 0 Å². The van der Waals surface area contributed by atoms with Crippen LogP contribution in [0.25, 0.3) is 0 Å². The summed E-state index contributed by atoms with van der Waals surface area (Å²) in [5, 5.41) is 8.91. The van der Waals surface area contributed by atoms with Crippen LogP contribution < -0.4 is 4.72 Å². The number of sulfonamides is 1. The Hall–Kier alpha value is -3.19. The van der Waals surface area contributed by atoms with Gasteiger partial charge in [0.15, 0.2) is 0 Å². The van der Waals surface area contributed by atoms with Crippen molar-refractivity contribution in [3.63, 3.8) is 0 Å². The molecule has 0 aromatic heterocycles. The molecule has 28 heavy (non-hydrogen) atoms. The third-order valence-corrected chi connectivity index (χ3v) is 5.63. The summed E-state index contributed by atoms with van der Waals surface area (Å²) in [4.78, 5) is 10.9. The number of aromatic carboxylic acids is 1. The highest BCUT2D eigenvalue weighted by Crippen LogP contribution is 2.18. The van der Waals surface area contributed by atoms with Gasteiger partial charge in [0, 0.05) is 5.69 Å². The fourth-order valence-electron chi connectivity index (χ4n) is 2.67. The lowest BCUT2D eigenvalue weighted by atomic mass is 10.0. The van der Waals surface area contributed by atoms with Gasteiger partial charge in [-0.3, -0.25) is 4.72 Å². The van der Waals surface area contributed by atoms with Crippen molar-refractivity contribution in [2.75, 3.05) is 4.72 Å². The van der Waals surface area contributed by atoms with Crippen molar-refractivity contribution in [1.82, 2.24) is 0 Å². The van der Waals surface area contributed by atoms with Gasteiger partial charge < -0.3 is 5.11 Å². The zero-order valence-corrected chi connectivity index (χ0v) is 15.6. The molecule has 0 atom stereocenters. The summed E-state index contributed by atoms with van der Waals surface area (Å²) in [7, 11) is -3.77. The molecule has 0 radical (unpaired) electrons. The molecule has 0 aliphatic heterocycles. The number of hydrogen-bond acceptors (Lipinski definition) is 3. The first-order valence-corrected chi connectivity index (χ1v) is 10.0. The molecule has 0 aliphatic rings. The Morgan fingerprint density at radius 3 is 1.82 bits per heavy atom. The summed E-state index contributed by atoms with van der Waals surface area (Å²) in [5.41, 5.74) is 2.71. The van der Waals surface area contributed by atoms with E-state index < -0.39 is 21.8 Å². The molecule has 7 heteroatoms. The number of nitrogens with one attached hydrogen (secondary N) is 1. The Labute approximate surface area is 162 Å². The second kappa shape index (κ2) is 8.22. The molecular formula is C21H18FNO4S. The minimum absolute atomic E-state index is 0.0113. The second-order valence-electron chi connectivity index (χ2n) is 6.26. The maximum atomic E-state index is 13.0. The third-order valence-electron chi connectivity index (χ3n) is 4.23. The van der Waals surface area contributed by atoms with E-state index in [1.54, 1.807) is 36.4 Å². The maximum absolute atomic E-state index is 13.0. The zero-order chi connectivity index (χ0) is 20.1. The van der Waals surface area contributed by atoms with Crippen molar-refractivity contribution in [2.45, 2.75) is 17.7 Å². The van der Waals surface area contributed by atoms with Crippen LogP contribution in [0.5, 0.6) is 0 Å². The first-order chi connectivity index (χ1) is 13.3. The number of carboxylic acids is 1. The van der Waals surface area contributed by atoms with Gasteiger partial charge in [-0.1, -0.05) is 24.3 Å². The van der Waals surface area contributed by atoms with Crippen LogP contribution in [-0.4, -0.2) is 19.5 Å². The minimum Gasteiger partial charge on any atom is -0.478 e. The molecule has 0 aliphatic carbocycles. The lowest BCUT2D eigenvalue weighted by Gasteiger charge is -2.09. The molecule has 0 spiro atoms. The van der Waals surface area contributed by atoms with Crippen LogP contribution in [0.2, 0.25) is 0 Å². The lowest BCUT2D eigenvalue weighted by Crippen LogP contribution is -2.12. The minimum atomic E-state index is -3.77. The number of aryl methyl sites for hydroxylation is 2. The van der Waals surface area contributed by atoms with E-state index in [9.17, 15) is 17.6 Å². The second-order valence-corrected chi connectivity index (χ2v) is 7.94. The van der Waals surface area contributed by atoms with Crippen molar-refractivity contribution in [3.05, 3.63) is 95.3 Å². The van der Waals surface area contributed by atoms with Gasteiger partial charge in [-0.05, 0) is 72.5 Å². The summed E-state index contributed by atoms with van der Waals surface area (Å²) < 4.78 is 40.0. The molecule has 0 saturated carbocycles. The van der Waals surface area contributed by atoms with Gasteiger partial charge in [0.25, 0.3) is 10.0 Å². The summed E-state index contributed by atoms with van der Waals surface area (Å²) in [5.74, 6) is -1.45. The van der Waals surface area contributed by atoms with E-state index in [-0.39, 0.29) is 10.5 Å².